The van der Waals surface area contributed by atoms with Gasteiger partial charge in [-0.25, -0.2) is 4.98 Å². The third-order valence-corrected chi connectivity index (χ3v) is 3.98. The molecule has 1 N–H and O–H groups in total. The lowest BCUT2D eigenvalue weighted by Gasteiger charge is -2.26. The highest BCUT2D eigenvalue weighted by Gasteiger charge is 2.20. The quantitative estimate of drug-likeness (QED) is 0.942. The lowest BCUT2D eigenvalue weighted by molar-refractivity contribution is -0.114. The van der Waals surface area contributed by atoms with Crippen LogP contribution < -0.4 is 5.32 Å². The number of amides is 2. The molecule has 1 saturated heterocycles. The van der Waals surface area contributed by atoms with Gasteiger partial charge in [0.05, 0.1) is 18.1 Å². The fourth-order valence-electron chi connectivity index (χ4n) is 2.83. The monoisotopic (exact) mass is 324 g/mol. The predicted octanol–water partition coefficient (Wildman–Crippen LogP) is 2.73. The summed E-state index contributed by atoms with van der Waals surface area (Å²) >= 11 is 0. The van der Waals surface area contributed by atoms with Gasteiger partial charge in [0.15, 0.2) is 0 Å². The first-order valence-electron chi connectivity index (χ1n) is 8.13. The molecule has 1 aromatic heterocycles. The number of carbonyl (C=O) groups excluding carboxylic acids is 2. The van der Waals surface area contributed by atoms with Crippen molar-refractivity contribution in [2.24, 2.45) is 0 Å². The maximum absolute atomic E-state index is 12.6. The fraction of sp³-hybridized carbons (Fsp3) is 0.333. The Labute approximate surface area is 140 Å². The van der Waals surface area contributed by atoms with Crippen LogP contribution in [0.25, 0.3) is 11.3 Å². The van der Waals surface area contributed by atoms with Crippen LogP contribution in [0.3, 0.4) is 0 Å². The van der Waals surface area contributed by atoms with Crippen LogP contribution in [0.2, 0.25) is 0 Å². The number of nitrogens with zero attached hydrogens (tertiary/aromatic N) is 3. The first-order valence-corrected chi connectivity index (χ1v) is 8.13. The molecular formula is C18H20N4O2. The zero-order valence-electron chi connectivity index (χ0n) is 13.7. The van der Waals surface area contributed by atoms with Gasteiger partial charge in [0.2, 0.25) is 5.91 Å². The van der Waals surface area contributed by atoms with E-state index in [1.165, 1.54) is 19.5 Å². The maximum atomic E-state index is 12.6. The van der Waals surface area contributed by atoms with E-state index in [2.05, 4.69) is 15.3 Å². The van der Waals surface area contributed by atoms with E-state index in [1.54, 1.807) is 12.3 Å². The second kappa shape index (κ2) is 7.21. The number of aromatic nitrogens is 2. The highest BCUT2D eigenvalue weighted by molar-refractivity contribution is 5.93. The molecule has 1 aromatic carbocycles. The van der Waals surface area contributed by atoms with Crippen LogP contribution in [0.1, 0.15) is 36.7 Å². The molecule has 24 heavy (non-hydrogen) atoms. The van der Waals surface area contributed by atoms with Gasteiger partial charge in [-0.2, -0.15) is 0 Å². The van der Waals surface area contributed by atoms with E-state index in [1.807, 2.05) is 23.1 Å². The molecule has 124 valence electrons. The normalized spacial score (nSPS) is 14.3. The van der Waals surface area contributed by atoms with E-state index in [-0.39, 0.29) is 11.8 Å². The second-order valence-corrected chi connectivity index (χ2v) is 5.90. The SMILES string of the molecule is CC(=O)Nc1cccc(-c2cncc(C(=O)N3CCCCC3)n2)c1. The Bertz CT molecular complexity index is 754. The standard InChI is InChI=1S/C18H20N4O2/c1-13(23)20-15-7-5-6-14(10-15)16-11-19-12-17(21-16)18(24)22-8-3-2-4-9-22/h5-7,10-12H,2-4,8-9H2,1H3,(H,20,23). The van der Waals surface area contributed by atoms with Crippen molar-refractivity contribution < 1.29 is 9.59 Å². The molecule has 1 aliphatic rings. The van der Waals surface area contributed by atoms with Crippen molar-refractivity contribution in [3.63, 3.8) is 0 Å². The van der Waals surface area contributed by atoms with Crippen molar-refractivity contribution in [2.75, 3.05) is 18.4 Å². The largest absolute Gasteiger partial charge is 0.337 e. The Hall–Kier alpha value is -2.76. The molecule has 2 aromatic rings. The molecular weight excluding hydrogens is 304 g/mol. The zero-order chi connectivity index (χ0) is 16.9. The van der Waals surface area contributed by atoms with E-state index in [9.17, 15) is 9.59 Å². The zero-order valence-corrected chi connectivity index (χ0v) is 13.7. The van der Waals surface area contributed by atoms with Gasteiger partial charge >= 0.3 is 0 Å². The van der Waals surface area contributed by atoms with Gasteiger partial charge in [0.1, 0.15) is 5.69 Å². The van der Waals surface area contributed by atoms with Crippen LogP contribution in [0.5, 0.6) is 0 Å². The van der Waals surface area contributed by atoms with Gasteiger partial charge in [-0.3, -0.25) is 14.6 Å². The molecule has 0 radical (unpaired) electrons. The molecule has 0 bridgehead atoms. The Morgan fingerprint density at radius 2 is 1.92 bits per heavy atom. The van der Waals surface area contributed by atoms with Gasteiger partial charge in [-0.15, -0.1) is 0 Å². The van der Waals surface area contributed by atoms with Gasteiger partial charge < -0.3 is 10.2 Å². The fourth-order valence-corrected chi connectivity index (χ4v) is 2.83. The van der Waals surface area contributed by atoms with Crippen LogP contribution >= 0.6 is 0 Å². The number of hydrogen-bond donors (Lipinski definition) is 1. The molecule has 2 heterocycles. The Morgan fingerprint density at radius 1 is 1.12 bits per heavy atom. The molecule has 0 saturated carbocycles. The highest BCUT2D eigenvalue weighted by atomic mass is 16.2. The summed E-state index contributed by atoms with van der Waals surface area (Å²) in [6.07, 6.45) is 6.39. The van der Waals surface area contributed by atoms with Crippen molar-refractivity contribution >= 4 is 17.5 Å². The lowest BCUT2D eigenvalue weighted by atomic mass is 10.1. The van der Waals surface area contributed by atoms with Gasteiger partial charge in [0, 0.05) is 31.3 Å². The average molecular weight is 324 g/mol. The first kappa shape index (κ1) is 16.1. The van der Waals surface area contributed by atoms with Crippen LogP contribution in [0.4, 0.5) is 5.69 Å². The number of hydrogen-bond acceptors (Lipinski definition) is 4. The van der Waals surface area contributed by atoms with E-state index in [0.29, 0.717) is 17.1 Å². The minimum atomic E-state index is -0.132. The number of piperidine rings is 1. The second-order valence-electron chi connectivity index (χ2n) is 5.90. The van der Waals surface area contributed by atoms with Crippen molar-refractivity contribution in [1.82, 2.24) is 14.9 Å². The number of carbonyl (C=O) groups is 2. The third-order valence-electron chi connectivity index (χ3n) is 3.98. The average Bonchev–Trinajstić information content (AvgIpc) is 2.62. The minimum absolute atomic E-state index is 0.0675. The topological polar surface area (TPSA) is 75.2 Å². The van der Waals surface area contributed by atoms with Crippen molar-refractivity contribution in [1.29, 1.82) is 0 Å². The Morgan fingerprint density at radius 3 is 2.67 bits per heavy atom. The summed E-state index contributed by atoms with van der Waals surface area (Å²) < 4.78 is 0. The van der Waals surface area contributed by atoms with Crippen molar-refractivity contribution in [3.05, 3.63) is 42.4 Å². The maximum Gasteiger partial charge on any atom is 0.274 e. The number of likely N-dealkylation sites (tertiary alicyclic amines) is 1. The number of anilines is 1. The van der Waals surface area contributed by atoms with Crippen LogP contribution in [-0.2, 0) is 4.79 Å². The predicted molar refractivity (Wildman–Crippen MR) is 91.5 cm³/mol. The van der Waals surface area contributed by atoms with E-state index in [4.69, 9.17) is 0 Å². The first-order chi connectivity index (χ1) is 11.6. The molecule has 0 unspecified atom stereocenters. The summed E-state index contributed by atoms with van der Waals surface area (Å²) in [5.41, 5.74) is 2.47. The minimum Gasteiger partial charge on any atom is -0.337 e. The molecule has 2 amide bonds. The third kappa shape index (κ3) is 3.76. The molecule has 3 rings (SSSR count). The van der Waals surface area contributed by atoms with Gasteiger partial charge in [-0.1, -0.05) is 12.1 Å². The molecule has 6 heteroatoms. The van der Waals surface area contributed by atoms with E-state index >= 15 is 0 Å². The molecule has 1 fully saturated rings. The summed E-state index contributed by atoms with van der Waals surface area (Å²) in [5.74, 6) is -0.200. The molecule has 1 aliphatic heterocycles. The molecule has 0 aliphatic carbocycles. The molecule has 0 spiro atoms. The number of benzene rings is 1. The van der Waals surface area contributed by atoms with Crippen LogP contribution in [-0.4, -0.2) is 39.8 Å². The summed E-state index contributed by atoms with van der Waals surface area (Å²) in [6.45, 7) is 3.02. The van der Waals surface area contributed by atoms with Crippen LogP contribution in [0.15, 0.2) is 36.7 Å². The van der Waals surface area contributed by atoms with Gasteiger partial charge in [0.25, 0.3) is 5.91 Å². The lowest BCUT2D eigenvalue weighted by Crippen LogP contribution is -2.36. The van der Waals surface area contributed by atoms with Crippen LogP contribution in [0, 0.1) is 0 Å². The molecule has 0 atom stereocenters. The highest BCUT2D eigenvalue weighted by Crippen LogP contribution is 2.21. The molecule has 6 nitrogen and oxygen atoms in total. The summed E-state index contributed by atoms with van der Waals surface area (Å²) in [4.78, 5) is 34.2. The van der Waals surface area contributed by atoms with E-state index in [0.717, 1.165) is 31.5 Å². The smallest absolute Gasteiger partial charge is 0.274 e. The van der Waals surface area contributed by atoms with Crippen molar-refractivity contribution in [3.8, 4) is 11.3 Å². The van der Waals surface area contributed by atoms with Gasteiger partial charge in [-0.05, 0) is 31.4 Å². The van der Waals surface area contributed by atoms with E-state index < -0.39 is 0 Å². The Balaban J connectivity index is 1.85. The summed E-state index contributed by atoms with van der Waals surface area (Å²) in [7, 11) is 0. The Kier molecular flexibility index (Phi) is 4.84. The van der Waals surface area contributed by atoms with Crippen molar-refractivity contribution in [2.45, 2.75) is 26.2 Å². The number of nitrogens with one attached hydrogen (secondary N) is 1. The summed E-state index contributed by atoms with van der Waals surface area (Å²) in [6, 6.07) is 7.34. The number of rotatable bonds is 3. The summed E-state index contributed by atoms with van der Waals surface area (Å²) in [5, 5.41) is 2.74.